The summed E-state index contributed by atoms with van der Waals surface area (Å²) in [6, 6.07) is 11.5. The van der Waals surface area contributed by atoms with Crippen molar-refractivity contribution in [2.24, 2.45) is 22.1 Å². The second kappa shape index (κ2) is 14.4. The maximum Gasteiger partial charge on any atom is 0.286 e. The van der Waals surface area contributed by atoms with Gasteiger partial charge in [-0.1, -0.05) is 36.7 Å². The van der Waals surface area contributed by atoms with Crippen molar-refractivity contribution in [3.63, 3.8) is 0 Å². The fourth-order valence-electron chi connectivity index (χ4n) is 7.69. The second-order valence-electron chi connectivity index (χ2n) is 13.9. The highest BCUT2D eigenvalue weighted by molar-refractivity contribution is 8.00. The molecule has 0 saturated heterocycles. The van der Waals surface area contributed by atoms with E-state index in [9.17, 15) is 13.8 Å². The van der Waals surface area contributed by atoms with Gasteiger partial charge in [0, 0.05) is 43.5 Å². The summed E-state index contributed by atoms with van der Waals surface area (Å²) in [5, 5.41) is 4.91. The molecule has 6 atom stereocenters. The van der Waals surface area contributed by atoms with Gasteiger partial charge in [-0.3, -0.25) is 19.0 Å². The van der Waals surface area contributed by atoms with E-state index in [1.165, 1.54) is 17.3 Å². The molecule has 3 aromatic rings. The topological polar surface area (TPSA) is 115 Å². The van der Waals surface area contributed by atoms with Crippen LogP contribution in [-0.2, 0) is 32.4 Å². The molecule has 266 valence electrons. The molecule has 1 aromatic heterocycles. The number of fused-ring (bicyclic) bond motifs is 4. The number of carbonyl (C=O) groups excluding carboxylic acids is 2. The van der Waals surface area contributed by atoms with Crippen LogP contribution >= 0.6 is 23.4 Å². The lowest BCUT2D eigenvalue weighted by Gasteiger charge is -2.45. The summed E-state index contributed by atoms with van der Waals surface area (Å²) < 4.78 is 35.3. The highest BCUT2D eigenvalue weighted by Gasteiger charge is 2.45. The molecule has 1 spiro atoms. The van der Waals surface area contributed by atoms with Crippen molar-refractivity contribution in [3.05, 3.63) is 88.2 Å². The van der Waals surface area contributed by atoms with E-state index in [2.05, 4.69) is 43.4 Å². The Morgan fingerprint density at radius 1 is 1.24 bits per heavy atom. The van der Waals surface area contributed by atoms with Gasteiger partial charge in [-0.05, 0) is 97.6 Å². The monoisotopic (exact) mass is 737 g/mol. The van der Waals surface area contributed by atoms with Crippen LogP contribution in [0.5, 0.6) is 5.75 Å². The fraction of sp³-hybridized carbons (Fsp3) is 0.486. The van der Waals surface area contributed by atoms with E-state index >= 15 is 0 Å². The number of ether oxygens (including phenoxy) is 2. The first-order valence-electron chi connectivity index (χ1n) is 17.4. The van der Waals surface area contributed by atoms with Crippen molar-refractivity contribution in [1.82, 2.24) is 14.5 Å². The average Bonchev–Trinajstić information content (AvgIpc) is 3.52. The zero-order valence-electron chi connectivity index (χ0n) is 28.7. The minimum absolute atomic E-state index is 0.00375. The Kier molecular flexibility index (Phi) is 10.1. The minimum atomic E-state index is -3.52. The van der Waals surface area contributed by atoms with Gasteiger partial charge >= 0.3 is 0 Å². The van der Waals surface area contributed by atoms with Crippen LogP contribution in [0.1, 0.15) is 65.0 Å². The number of halogens is 1. The number of hydrogen-bond acceptors (Lipinski definition) is 8. The molecule has 1 N–H and O–H groups in total. The molecule has 13 heteroatoms. The fourth-order valence-corrected chi connectivity index (χ4v) is 11.2. The third kappa shape index (κ3) is 7.09. The van der Waals surface area contributed by atoms with Gasteiger partial charge in [0.25, 0.3) is 11.8 Å². The lowest BCUT2D eigenvalue weighted by molar-refractivity contribution is 0.0134. The number of nitrogens with one attached hydrogen (secondary N) is 1. The van der Waals surface area contributed by atoms with Gasteiger partial charge in [0.15, 0.2) is 0 Å². The van der Waals surface area contributed by atoms with Crippen LogP contribution in [0.4, 0.5) is 5.69 Å². The zero-order valence-corrected chi connectivity index (χ0v) is 31.1. The molecule has 1 saturated carbocycles. The van der Waals surface area contributed by atoms with Crippen LogP contribution in [0.3, 0.4) is 0 Å². The molecule has 4 aliphatic rings. The number of hydrogen-bond donors (Lipinski definition) is 1. The van der Waals surface area contributed by atoms with E-state index in [1.54, 1.807) is 24.1 Å². The van der Waals surface area contributed by atoms with E-state index in [0.29, 0.717) is 43.7 Å². The number of carbonyl (C=O) groups is 2. The Hall–Kier alpha value is -3.32. The number of allylic oxidation sites excluding steroid dienone is 1. The lowest BCUT2D eigenvalue weighted by atomic mass is 9.70. The number of aromatic nitrogens is 2. The van der Waals surface area contributed by atoms with E-state index in [-0.39, 0.29) is 33.6 Å². The van der Waals surface area contributed by atoms with Gasteiger partial charge in [-0.2, -0.15) is 5.10 Å². The Bertz CT molecular complexity index is 1940. The summed E-state index contributed by atoms with van der Waals surface area (Å²) in [7, 11) is -1.76. The van der Waals surface area contributed by atoms with Crippen molar-refractivity contribution in [1.29, 1.82) is 0 Å². The molecule has 2 bridgehead atoms. The second-order valence-corrected chi connectivity index (χ2v) is 17.9. The minimum Gasteiger partial charge on any atom is -0.490 e. The normalized spacial score (nSPS) is 30.2. The van der Waals surface area contributed by atoms with Crippen LogP contribution in [-0.4, -0.2) is 70.2 Å². The molecule has 3 aliphatic heterocycles. The largest absolute Gasteiger partial charge is 0.490 e. The molecular weight excluding hydrogens is 694 g/mol. The SMILES string of the molecule is CCn1cc(C(=O)NS2(=O)=NC(=O)c3ccc4c(c3)N(C[C@@H]3CC[C@H]3[C@@H](OC)/C=C\C[C@H](C)C2)C[C@]2(CO4)SCCc3cc(Cl)ccc32)cn1. The number of aryl methyl sites for hydroxylation is 2. The van der Waals surface area contributed by atoms with Crippen LogP contribution in [0.2, 0.25) is 5.02 Å². The first-order chi connectivity index (χ1) is 24.1. The van der Waals surface area contributed by atoms with Crippen molar-refractivity contribution in [2.75, 3.05) is 43.2 Å². The molecule has 0 radical (unpaired) electrons. The number of rotatable bonds is 4. The van der Waals surface area contributed by atoms with E-state index < -0.39 is 21.7 Å². The standard InChI is InChI=1S/C37H44ClN5O5S2/c1-4-43-20-28(18-39-43)36(45)41-50(46)21-24(2)6-5-7-33(47-3)30-11-8-27(30)19-42-22-37(31-12-10-29(38)16-25(31)14-15-49-37)23-48-34-13-9-26(17-32(34)42)35(44)40-50/h5,7,9-10,12-13,16-18,20,24,27,30,33H,4,6,8,11,14-15,19,21-23H2,1-3H3,(H,40,41,44,45,46)/b7-5-/t24-,27-,30+,33-,37+,50?/m0/s1. The van der Waals surface area contributed by atoms with Gasteiger partial charge in [0.1, 0.15) is 22.3 Å². The molecule has 7 rings (SSSR count). The van der Waals surface area contributed by atoms with Gasteiger partial charge in [-0.15, -0.1) is 16.1 Å². The molecule has 1 unspecified atom stereocenters. The summed E-state index contributed by atoms with van der Waals surface area (Å²) in [4.78, 5) is 29.6. The number of anilines is 1. The highest BCUT2D eigenvalue weighted by atomic mass is 35.5. The zero-order chi connectivity index (χ0) is 35.0. The number of nitrogens with zero attached hydrogens (tertiary/aromatic N) is 4. The number of benzene rings is 2. The van der Waals surface area contributed by atoms with Gasteiger partial charge in [0.05, 0.1) is 34.1 Å². The average molecular weight is 738 g/mol. The van der Waals surface area contributed by atoms with Crippen molar-refractivity contribution >= 4 is 50.8 Å². The Balaban J connectivity index is 1.30. The number of amides is 2. The molecule has 10 nitrogen and oxygen atoms in total. The molecular formula is C37H44ClN5O5S2. The van der Waals surface area contributed by atoms with Crippen LogP contribution < -0.4 is 14.4 Å². The van der Waals surface area contributed by atoms with Crippen molar-refractivity contribution in [3.8, 4) is 5.75 Å². The smallest absolute Gasteiger partial charge is 0.286 e. The van der Waals surface area contributed by atoms with E-state index in [4.69, 9.17) is 21.1 Å². The Morgan fingerprint density at radius 2 is 2.10 bits per heavy atom. The molecule has 4 heterocycles. The Labute approximate surface area is 303 Å². The third-order valence-corrected chi connectivity index (χ3v) is 14.1. The summed E-state index contributed by atoms with van der Waals surface area (Å²) >= 11 is 8.36. The Morgan fingerprint density at radius 3 is 2.86 bits per heavy atom. The highest BCUT2D eigenvalue weighted by Crippen LogP contribution is 2.49. The summed E-state index contributed by atoms with van der Waals surface area (Å²) in [5.41, 5.74) is 3.83. The van der Waals surface area contributed by atoms with Gasteiger partial charge in [0.2, 0.25) is 0 Å². The summed E-state index contributed by atoms with van der Waals surface area (Å²) in [5.74, 6) is 0.978. The van der Waals surface area contributed by atoms with E-state index in [0.717, 1.165) is 42.3 Å². The van der Waals surface area contributed by atoms with Crippen LogP contribution in [0.25, 0.3) is 0 Å². The molecule has 1 fully saturated rings. The molecule has 1 aliphatic carbocycles. The quantitative estimate of drug-likeness (QED) is 0.301. The predicted octanol–water partition coefficient (Wildman–Crippen LogP) is 6.53. The van der Waals surface area contributed by atoms with Gasteiger partial charge in [-0.25, -0.2) is 4.21 Å². The summed E-state index contributed by atoms with van der Waals surface area (Å²) in [6.45, 7) is 6.36. The van der Waals surface area contributed by atoms with Gasteiger partial charge < -0.3 is 14.4 Å². The molecule has 2 amide bonds. The first-order valence-corrected chi connectivity index (χ1v) is 20.4. The van der Waals surface area contributed by atoms with E-state index in [1.807, 2.05) is 43.8 Å². The summed E-state index contributed by atoms with van der Waals surface area (Å²) in [6.07, 6.45) is 10.8. The van der Waals surface area contributed by atoms with Crippen LogP contribution in [0, 0.1) is 17.8 Å². The maximum absolute atomic E-state index is 14.5. The number of methoxy groups -OCH3 is 1. The predicted molar refractivity (Wildman–Crippen MR) is 199 cm³/mol. The third-order valence-electron chi connectivity index (χ3n) is 10.5. The maximum atomic E-state index is 14.5. The van der Waals surface area contributed by atoms with Crippen molar-refractivity contribution in [2.45, 2.75) is 56.9 Å². The lowest BCUT2D eigenvalue weighted by Crippen LogP contribution is -2.48. The molecule has 2 aromatic carbocycles. The van der Waals surface area contributed by atoms with Crippen molar-refractivity contribution < 1.29 is 23.3 Å². The van der Waals surface area contributed by atoms with Crippen LogP contribution in [0.15, 0.2) is 65.3 Å². The molecule has 50 heavy (non-hydrogen) atoms. The number of thioether (sulfide) groups is 1. The first kappa shape index (κ1) is 35.1.